The Morgan fingerprint density at radius 1 is 0.964 bits per heavy atom. The maximum atomic E-state index is 13.3. The third-order valence-electron chi connectivity index (χ3n) is 4.62. The second-order valence-corrected chi connectivity index (χ2v) is 10.4. The number of anilines is 1. The minimum Gasteiger partial charge on any atom is -0.497 e. The molecular formula is C18H22N2O6S2. The number of hydrogen-bond acceptors (Lipinski definition) is 6. The molecule has 0 aromatic heterocycles. The number of hydrogen-bond donors (Lipinski definition) is 0. The highest BCUT2D eigenvalue weighted by molar-refractivity contribution is 7.93. The van der Waals surface area contributed by atoms with Gasteiger partial charge in [-0.1, -0.05) is 0 Å². The summed E-state index contributed by atoms with van der Waals surface area (Å²) in [5, 5.41) is 0. The summed E-state index contributed by atoms with van der Waals surface area (Å²) >= 11 is 0. The number of sulfonamides is 2. The van der Waals surface area contributed by atoms with Crippen molar-refractivity contribution in [1.29, 1.82) is 0 Å². The fourth-order valence-corrected chi connectivity index (χ4v) is 5.70. The Kier molecular flexibility index (Phi) is 5.30. The quantitative estimate of drug-likeness (QED) is 0.698. The first-order valence-corrected chi connectivity index (χ1v) is 11.3. The van der Waals surface area contributed by atoms with Gasteiger partial charge in [-0.05, 0) is 42.3 Å². The van der Waals surface area contributed by atoms with Gasteiger partial charge in [-0.25, -0.2) is 21.1 Å². The van der Waals surface area contributed by atoms with Crippen LogP contribution in [0.3, 0.4) is 0 Å². The molecule has 1 heterocycles. The van der Waals surface area contributed by atoms with Crippen molar-refractivity contribution in [2.75, 3.05) is 39.2 Å². The van der Waals surface area contributed by atoms with E-state index >= 15 is 0 Å². The Morgan fingerprint density at radius 3 is 2.29 bits per heavy atom. The van der Waals surface area contributed by atoms with E-state index in [1.807, 2.05) is 0 Å². The van der Waals surface area contributed by atoms with Crippen molar-refractivity contribution < 1.29 is 26.3 Å². The zero-order valence-corrected chi connectivity index (χ0v) is 17.7. The third-order valence-corrected chi connectivity index (χ3v) is 8.27. The Balaban J connectivity index is 2.07. The SMILES string of the molecule is COc1ccc(OC)c(S(=O)(=O)N2CCc3cc(S(=O)(=O)N(C)C)ccc32)c1. The molecule has 0 unspecified atom stereocenters. The molecule has 0 radical (unpaired) electrons. The fraction of sp³-hybridized carbons (Fsp3) is 0.333. The van der Waals surface area contributed by atoms with Crippen molar-refractivity contribution in [1.82, 2.24) is 4.31 Å². The minimum absolute atomic E-state index is 0.00723. The predicted molar refractivity (Wildman–Crippen MR) is 105 cm³/mol. The Bertz CT molecular complexity index is 1110. The molecule has 8 nitrogen and oxygen atoms in total. The molecule has 0 aliphatic carbocycles. The molecule has 0 fully saturated rings. The molecule has 0 atom stereocenters. The van der Waals surface area contributed by atoms with Crippen LogP contribution in [0.1, 0.15) is 5.56 Å². The molecule has 0 bridgehead atoms. The van der Waals surface area contributed by atoms with E-state index in [2.05, 4.69) is 0 Å². The maximum Gasteiger partial charge on any atom is 0.268 e. The molecule has 2 aromatic rings. The normalized spacial score (nSPS) is 14.2. The largest absolute Gasteiger partial charge is 0.497 e. The summed E-state index contributed by atoms with van der Waals surface area (Å²) < 4.78 is 64.1. The molecule has 0 N–H and O–H groups in total. The number of nitrogens with zero attached hydrogens (tertiary/aromatic N) is 2. The molecule has 2 aromatic carbocycles. The molecule has 152 valence electrons. The minimum atomic E-state index is -3.92. The molecule has 10 heteroatoms. The van der Waals surface area contributed by atoms with Crippen LogP contribution in [0.25, 0.3) is 0 Å². The Morgan fingerprint density at radius 2 is 1.68 bits per heavy atom. The third kappa shape index (κ3) is 3.31. The monoisotopic (exact) mass is 426 g/mol. The summed E-state index contributed by atoms with van der Waals surface area (Å²) in [6.45, 7) is 0.212. The van der Waals surface area contributed by atoms with Gasteiger partial charge < -0.3 is 9.47 Å². The van der Waals surface area contributed by atoms with Gasteiger partial charge in [0.25, 0.3) is 10.0 Å². The van der Waals surface area contributed by atoms with Gasteiger partial charge in [0.2, 0.25) is 10.0 Å². The van der Waals surface area contributed by atoms with Crippen molar-refractivity contribution in [2.45, 2.75) is 16.2 Å². The van der Waals surface area contributed by atoms with E-state index in [0.717, 1.165) is 4.31 Å². The molecule has 0 amide bonds. The number of methoxy groups -OCH3 is 2. The number of fused-ring (bicyclic) bond motifs is 1. The van der Waals surface area contributed by atoms with E-state index in [4.69, 9.17) is 9.47 Å². The van der Waals surface area contributed by atoms with Gasteiger partial charge in [0.1, 0.15) is 16.4 Å². The maximum absolute atomic E-state index is 13.3. The lowest BCUT2D eigenvalue weighted by Crippen LogP contribution is -2.29. The average Bonchev–Trinajstić information content (AvgIpc) is 3.11. The van der Waals surface area contributed by atoms with Crippen LogP contribution in [0.2, 0.25) is 0 Å². The standard InChI is InChI=1S/C18H22N2O6S2/c1-19(2)27(21,22)15-6-7-16-13(11-15)9-10-20(16)28(23,24)18-12-14(25-3)5-8-17(18)26-4/h5-8,11-12H,9-10H2,1-4H3. The highest BCUT2D eigenvalue weighted by atomic mass is 32.2. The van der Waals surface area contributed by atoms with Gasteiger partial charge in [0.15, 0.2) is 0 Å². The van der Waals surface area contributed by atoms with Gasteiger partial charge in [-0.15, -0.1) is 0 Å². The average molecular weight is 427 g/mol. The molecule has 1 aliphatic rings. The summed E-state index contributed by atoms with van der Waals surface area (Å²) in [6.07, 6.45) is 0.414. The van der Waals surface area contributed by atoms with E-state index in [-0.39, 0.29) is 22.1 Å². The lowest BCUT2D eigenvalue weighted by atomic mass is 10.2. The summed E-state index contributed by atoms with van der Waals surface area (Å²) in [4.78, 5) is 0.127. The second kappa shape index (κ2) is 7.26. The molecule has 1 aliphatic heterocycles. The Hall–Kier alpha value is -2.30. The predicted octanol–water partition coefficient (Wildman–Crippen LogP) is 1.71. The Labute approximate surface area is 165 Å². The van der Waals surface area contributed by atoms with Crippen LogP contribution in [0.15, 0.2) is 46.2 Å². The van der Waals surface area contributed by atoms with E-state index in [1.165, 1.54) is 63.0 Å². The van der Waals surface area contributed by atoms with Gasteiger partial charge in [0, 0.05) is 26.7 Å². The lowest BCUT2D eigenvalue weighted by Gasteiger charge is -2.21. The highest BCUT2D eigenvalue weighted by Gasteiger charge is 2.34. The van der Waals surface area contributed by atoms with E-state index < -0.39 is 20.0 Å². The zero-order chi connectivity index (χ0) is 20.7. The first-order valence-electron chi connectivity index (χ1n) is 8.43. The van der Waals surface area contributed by atoms with Gasteiger partial charge in [-0.2, -0.15) is 0 Å². The van der Waals surface area contributed by atoms with Crippen LogP contribution in [-0.2, 0) is 26.5 Å². The fourth-order valence-electron chi connectivity index (χ4n) is 3.07. The second-order valence-electron chi connectivity index (χ2n) is 6.42. The van der Waals surface area contributed by atoms with Crippen LogP contribution < -0.4 is 13.8 Å². The van der Waals surface area contributed by atoms with Crippen LogP contribution in [0.4, 0.5) is 5.69 Å². The topological polar surface area (TPSA) is 93.2 Å². The van der Waals surface area contributed by atoms with Crippen molar-refractivity contribution in [2.24, 2.45) is 0 Å². The zero-order valence-electron chi connectivity index (χ0n) is 16.0. The molecular weight excluding hydrogens is 404 g/mol. The van der Waals surface area contributed by atoms with E-state index in [9.17, 15) is 16.8 Å². The van der Waals surface area contributed by atoms with Crippen LogP contribution in [-0.4, -0.2) is 56.0 Å². The van der Waals surface area contributed by atoms with Crippen LogP contribution in [0, 0.1) is 0 Å². The van der Waals surface area contributed by atoms with Gasteiger partial charge >= 0.3 is 0 Å². The lowest BCUT2D eigenvalue weighted by molar-refractivity contribution is 0.392. The molecule has 0 saturated heterocycles. The molecule has 28 heavy (non-hydrogen) atoms. The molecule has 3 rings (SSSR count). The number of benzene rings is 2. The van der Waals surface area contributed by atoms with Gasteiger partial charge in [0.05, 0.1) is 24.8 Å². The van der Waals surface area contributed by atoms with E-state index in [0.29, 0.717) is 23.4 Å². The number of ether oxygens (including phenoxy) is 2. The van der Waals surface area contributed by atoms with Crippen molar-refractivity contribution in [3.63, 3.8) is 0 Å². The van der Waals surface area contributed by atoms with E-state index in [1.54, 1.807) is 6.07 Å². The molecule has 0 spiro atoms. The first kappa shape index (κ1) is 20.4. The summed E-state index contributed by atoms with van der Waals surface area (Å²) in [5.41, 5.74) is 1.12. The molecule has 0 saturated carbocycles. The van der Waals surface area contributed by atoms with Gasteiger partial charge in [-0.3, -0.25) is 4.31 Å². The van der Waals surface area contributed by atoms with Crippen molar-refractivity contribution in [3.05, 3.63) is 42.0 Å². The van der Waals surface area contributed by atoms with Crippen molar-refractivity contribution >= 4 is 25.7 Å². The first-order chi connectivity index (χ1) is 13.1. The van der Waals surface area contributed by atoms with Crippen LogP contribution in [0.5, 0.6) is 11.5 Å². The highest BCUT2D eigenvalue weighted by Crippen LogP contribution is 2.38. The smallest absolute Gasteiger partial charge is 0.268 e. The summed E-state index contributed by atoms with van der Waals surface area (Å²) in [5.74, 6) is 0.604. The van der Waals surface area contributed by atoms with Crippen LogP contribution >= 0.6 is 0 Å². The number of rotatable bonds is 6. The van der Waals surface area contributed by atoms with Crippen molar-refractivity contribution in [3.8, 4) is 11.5 Å². The summed E-state index contributed by atoms with van der Waals surface area (Å²) in [6, 6.07) is 9.05. The summed E-state index contributed by atoms with van der Waals surface area (Å²) in [7, 11) is -1.76.